The summed E-state index contributed by atoms with van der Waals surface area (Å²) in [6.45, 7) is 0.961. The number of alkyl carbamates (subject to hydrolysis) is 1. The minimum absolute atomic E-state index is 0.155. The molecule has 1 amide bonds. The molecule has 0 aliphatic rings. The molecule has 2 aromatic rings. The van der Waals surface area contributed by atoms with Gasteiger partial charge in [-0.25, -0.2) is 4.79 Å². The Kier molecular flexibility index (Phi) is 7.57. The molecule has 0 saturated heterocycles. The summed E-state index contributed by atoms with van der Waals surface area (Å²) in [4.78, 5) is 11.6. The molecule has 0 atom stereocenters. The van der Waals surface area contributed by atoms with Crippen LogP contribution in [0, 0.1) is 0 Å². The van der Waals surface area contributed by atoms with Crippen molar-refractivity contribution in [2.75, 3.05) is 13.2 Å². The van der Waals surface area contributed by atoms with Gasteiger partial charge in [-0.05, 0) is 29.5 Å². The fraction of sp³-hybridized carbons (Fsp3) is 0.250. The van der Waals surface area contributed by atoms with Crippen molar-refractivity contribution in [3.05, 3.63) is 77.4 Å². The third-order valence-electron chi connectivity index (χ3n) is 3.45. The molecular weight excluding hydrogens is 302 g/mol. The Bertz CT molecular complexity index is 653. The number of rotatable bonds is 8. The van der Waals surface area contributed by atoms with E-state index in [0.717, 1.165) is 23.1 Å². The number of hydrogen-bond acceptors (Lipinski definition) is 3. The van der Waals surface area contributed by atoms with E-state index in [2.05, 4.69) is 5.32 Å². The highest BCUT2D eigenvalue weighted by Crippen LogP contribution is 2.08. The number of aliphatic hydroxyl groups is 1. The van der Waals surface area contributed by atoms with E-state index in [1.807, 2.05) is 66.7 Å². The number of carbonyl (C=O) groups is 1. The Morgan fingerprint density at radius 3 is 2.67 bits per heavy atom. The fourth-order valence-electron chi connectivity index (χ4n) is 2.23. The Labute approximate surface area is 142 Å². The van der Waals surface area contributed by atoms with E-state index in [1.54, 1.807) is 0 Å². The standard InChI is InChI=1S/C20H23NO3/c22-14-12-18-11-6-10-17(15-18)7-4-5-13-21-20(23)24-16-19-8-2-1-3-9-19/h1-4,6-11,15,22H,5,12-14,16H2,(H,21,23). The van der Waals surface area contributed by atoms with Gasteiger partial charge in [0, 0.05) is 13.2 Å². The van der Waals surface area contributed by atoms with Gasteiger partial charge in [0.1, 0.15) is 6.61 Å². The average molecular weight is 325 g/mol. The van der Waals surface area contributed by atoms with E-state index < -0.39 is 6.09 Å². The van der Waals surface area contributed by atoms with Crippen LogP contribution in [0.15, 0.2) is 60.7 Å². The quantitative estimate of drug-likeness (QED) is 0.730. The third kappa shape index (κ3) is 6.67. The first-order valence-electron chi connectivity index (χ1n) is 8.09. The molecule has 24 heavy (non-hydrogen) atoms. The first-order chi connectivity index (χ1) is 11.8. The molecule has 0 fully saturated rings. The summed E-state index contributed by atoms with van der Waals surface area (Å²) in [5.41, 5.74) is 3.17. The zero-order chi connectivity index (χ0) is 17.0. The van der Waals surface area contributed by atoms with Crippen molar-refractivity contribution in [2.24, 2.45) is 0 Å². The minimum atomic E-state index is -0.405. The summed E-state index contributed by atoms with van der Waals surface area (Å²) in [5.74, 6) is 0. The van der Waals surface area contributed by atoms with Crippen molar-refractivity contribution in [3.63, 3.8) is 0 Å². The van der Waals surface area contributed by atoms with E-state index in [-0.39, 0.29) is 13.2 Å². The topological polar surface area (TPSA) is 58.6 Å². The molecule has 0 heterocycles. The van der Waals surface area contributed by atoms with Crippen LogP contribution in [-0.2, 0) is 17.8 Å². The maximum atomic E-state index is 11.6. The number of benzene rings is 2. The summed E-state index contributed by atoms with van der Waals surface area (Å²) >= 11 is 0. The molecule has 0 unspecified atom stereocenters. The lowest BCUT2D eigenvalue weighted by Crippen LogP contribution is -2.24. The zero-order valence-corrected chi connectivity index (χ0v) is 13.7. The minimum Gasteiger partial charge on any atom is -0.445 e. The van der Waals surface area contributed by atoms with Crippen LogP contribution in [0.3, 0.4) is 0 Å². The van der Waals surface area contributed by atoms with Crippen LogP contribution in [0.25, 0.3) is 6.08 Å². The largest absolute Gasteiger partial charge is 0.445 e. The molecule has 4 heteroatoms. The lowest BCUT2D eigenvalue weighted by molar-refractivity contribution is 0.140. The molecule has 2 aromatic carbocycles. The second-order valence-electron chi connectivity index (χ2n) is 5.40. The van der Waals surface area contributed by atoms with Crippen molar-refractivity contribution >= 4 is 12.2 Å². The van der Waals surface area contributed by atoms with Crippen LogP contribution in [0.2, 0.25) is 0 Å². The van der Waals surface area contributed by atoms with Crippen LogP contribution < -0.4 is 5.32 Å². The van der Waals surface area contributed by atoms with Crippen molar-refractivity contribution < 1.29 is 14.6 Å². The summed E-state index contributed by atoms with van der Waals surface area (Å²) in [5, 5.41) is 11.7. The second kappa shape index (κ2) is 10.2. The molecule has 2 N–H and O–H groups in total. The highest BCUT2D eigenvalue weighted by molar-refractivity contribution is 5.67. The van der Waals surface area contributed by atoms with Gasteiger partial charge in [0.25, 0.3) is 0 Å². The smallest absolute Gasteiger partial charge is 0.407 e. The Morgan fingerprint density at radius 1 is 1.08 bits per heavy atom. The highest BCUT2D eigenvalue weighted by Gasteiger charge is 2.00. The average Bonchev–Trinajstić information content (AvgIpc) is 2.61. The summed E-state index contributed by atoms with van der Waals surface area (Å²) in [7, 11) is 0. The van der Waals surface area contributed by atoms with Crippen molar-refractivity contribution in [3.8, 4) is 0 Å². The summed E-state index contributed by atoms with van der Waals surface area (Å²) in [6, 6.07) is 17.6. The fourth-order valence-corrected chi connectivity index (χ4v) is 2.23. The monoisotopic (exact) mass is 325 g/mol. The van der Waals surface area contributed by atoms with Crippen LogP contribution in [0.5, 0.6) is 0 Å². The number of amides is 1. The number of aliphatic hydroxyl groups excluding tert-OH is 1. The molecular formula is C20H23NO3. The molecule has 4 nitrogen and oxygen atoms in total. The Hall–Kier alpha value is -2.59. The van der Waals surface area contributed by atoms with Crippen LogP contribution in [0.1, 0.15) is 23.1 Å². The number of ether oxygens (including phenoxy) is 1. The van der Waals surface area contributed by atoms with Gasteiger partial charge < -0.3 is 15.2 Å². The molecule has 0 aliphatic carbocycles. The van der Waals surface area contributed by atoms with Crippen LogP contribution in [0.4, 0.5) is 4.79 Å². The predicted molar refractivity (Wildman–Crippen MR) is 95.5 cm³/mol. The first-order valence-corrected chi connectivity index (χ1v) is 8.09. The lowest BCUT2D eigenvalue weighted by atomic mass is 10.1. The van der Waals surface area contributed by atoms with Crippen molar-refractivity contribution in [1.82, 2.24) is 5.32 Å². The summed E-state index contributed by atoms with van der Waals surface area (Å²) < 4.78 is 5.14. The number of nitrogens with one attached hydrogen (secondary N) is 1. The number of hydrogen-bond donors (Lipinski definition) is 2. The molecule has 0 spiro atoms. The third-order valence-corrected chi connectivity index (χ3v) is 3.45. The molecule has 126 valence electrons. The van der Waals surface area contributed by atoms with Gasteiger partial charge in [-0.3, -0.25) is 0 Å². The van der Waals surface area contributed by atoms with E-state index in [9.17, 15) is 4.79 Å². The highest BCUT2D eigenvalue weighted by atomic mass is 16.5. The van der Waals surface area contributed by atoms with Crippen molar-refractivity contribution in [2.45, 2.75) is 19.4 Å². The van der Waals surface area contributed by atoms with Gasteiger partial charge in [0.2, 0.25) is 0 Å². The Balaban J connectivity index is 1.65. The molecule has 0 bridgehead atoms. The summed E-state index contributed by atoms with van der Waals surface area (Å²) in [6.07, 6.45) is 5.01. The predicted octanol–water partition coefficient (Wildman–Crippen LogP) is 3.55. The van der Waals surface area contributed by atoms with Crippen molar-refractivity contribution in [1.29, 1.82) is 0 Å². The molecule has 0 radical (unpaired) electrons. The maximum Gasteiger partial charge on any atom is 0.407 e. The van der Waals surface area contributed by atoms with E-state index in [4.69, 9.17) is 9.84 Å². The van der Waals surface area contributed by atoms with Gasteiger partial charge in [-0.2, -0.15) is 0 Å². The van der Waals surface area contributed by atoms with E-state index in [0.29, 0.717) is 13.0 Å². The molecule has 0 aliphatic heterocycles. The van der Waals surface area contributed by atoms with Gasteiger partial charge in [0.15, 0.2) is 0 Å². The molecule has 2 rings (SSSR count). The van der Waals surface area contributed by atoms with E-state index >= 15 is 0 Å². The van der Waals surface area contributed by atoms with Gasteiger partial charge in [-0.15, -0.1) is 0 Å². The van der Waals surface area contributed by atoms with Gasteiger partial charge >= 0.3 is 6.09 Å². The van der Waals surface area contributed by atoms with Crippen LogP contribution >= 0.6 is 0 Å². The Morgan fingerprint density at radius 2 is 1.88 bits per heavy atom. The molecule has 0 aromatic heterocycles. The molecule has 0 saturated carbocycles. The zero-order valence-electron chi connectivity index (χ0n) is 13.7. The first kappa shape index (κ1) is 17.8. The second-order valence-corrected chi connectivity index (χ2v) is 5.40. The SMILES string of the molecule is O=C(NCCC=Cc1cccc(CCO)c1)OCc1ccccc1. The lowest BCUT2D eigenvalue weighted by Gasteiger charge is -2.06. The van der Waals surface area contributed by atoms with Gasteiger partial charge in [-0.1, -0.05) is 66.7 Å². The maximum absolute atomic E-state index is 11.6. The number of carbonyl (C=O) groups excluding carboxylic acids is 1. The van der Waals surface area contributed by atoms with Crippen LogP contribution in [-0.4, -0.2) is 24.4 Å². The van der Waals surface area contributed by atoms with E-state index in [1.165, 1.54) is 0 Å². The van der Waals surface area contributed by atoms with Gasteiger partial charge in [0.05, 0.1) is 0 Å². The normalized spacial score (nSPS) is 10.7.